The smallest absolute Gasteiger partial charge is 0.327 e. The van der Waals surface area contributed by atoms with Crippen LogP contribution in [0.2, 0.25) is 0 Å². The average molecular weight is 1140 g/mol. The summed E-state index contributed by atoms with van der Waals surface area (Å²) in [6, 6.07) is 0. The molecule has 0 aromatic rings. The summed E-state index contributed by atoms with van der Waals surface area (Å²) in [4.78, 5) is 49.2. The van der Waals surface area contributed by atoms with Gasteiger partial charge in [-0.3, -0.25) is 28.3 Å². The molecule has 0 spiro atoms. The largest absolute Gasteiger partial charge is 0.462 e. The van der Waals surface area contributed by atoms with Gasteiger partial charge in [-0.05, 0) is 19.3 Å². The van der Waals surface area contributed by atoms with Crippen LogP contribution >= 0.6 is 15.2 Å². The number of esters is 4. The zero-order chi connectivity index (χ0) is 57.8. The fourth-order valence-corrected chi connectivity index (χ4v) is 9.94. The van der Waals surface area contributed by atoms with E-state index in [4.69, 9.17) is 47.9 Å². The van der Waals surface area contributed by atoms with E-state index < -0.39 is 52.0 Å². The number of hydrogen-bond donors (Lipinski definition) is 3. The number of unbranched alkanes of at least 4 members (excludes halogenated alkanes) is 26. The Balaban J connectivity index is 0. The lowest BCUT2D eigenvalue weighted by molar-refractivity contribution is -0.164. The molecule has 0 aromatic carbocycles. The fraction of sp³-hybridized carbons (Fsp3) is 0.931. The molecule has 0 heterocycles. The molecule has 19 heteroatoms. The summed E-state index contributed by atoms with van der Waals surface area (Å²) in [7, 11) is -6.94. The van der Waals surface area contributed by atoms with Gasteiger partial charge in [0.1, 0.15) is 19.3 Å². The second kappa shape index (κ2) is 53.4. The average Bonchev–Trinajstić information content (AvgIpc) is 3.41. The number of nitrogens with two attached hydrogens (primary N) is 1. The number of ether oxygens (including phenoxy) is 4. The Bertz CT molecular complexity index is 1510. The number of hydrogen-bond acceptors (Lipinski definition) is 17. The van der Waals surface area contributed by atoms with Crippen LogP contribution in [0.5, 0.6) is 0 Å². The molecule has 0 aliphatic rings. The van der Waals surface area contributed by atoms with Gasteiger partial charge in [0.2, 0.25) is 0 Å². The second-order valence-corrected chi connectivity index (χ2v) is 25.2. The third kappa shape index (κ3) is 51.9. The SMILES string of the molecule is CCCCCCCCCCCC(C)C(=O)O[C@H](COC(=O)CC)COP(C)(=O)OCC(O)CO.CCCCCCCCCCCCCC(=O)OC[C@H](COP(C)(=O)OCCN)OC(=O)C(C)CCCCCCCCCCC. The Morgan fingerprint density at radius 3 is 1.13 bits per heavy atom. The van der Waals surface area contributed by atoms with Crippen LogP contribution in [0.1, 0.15) is 253 Å². The van der Waals surface area contributed by atoms with Gasteiger partial charge in [-0.2, -0.15) is 0 Å². The lowest BCUT2D eigenvalue weighted by Gasteiger charge is -2.22. The Morgan fingerprint density at radius 2 is 0.779 bits per heavy atom. The van der Waals surface area contributed by atoms with E-state index in [0.717, 1.165) is 57.8 Å². The number of aliphatic hydroxyl groups excluding tert-OH is 2. The number of carbonyl (C=O) groups excluding carboxylic acids is 4. The van der Waals surface area contributed by atoms with Gasteiger partial charge in [0, 0.05) is 32.7 Å². The molecule has 0 saturated heterocycles. The molecule has 0 bridgehead atoms. The van der Waals surface area contributed by atoms with Crippen LogP contribution in [-0.4, -0.2) is 119 Å². The zero-order valence-corrected chi connectivity index (χ0v) is 51.7. The zero-order valence-electron chi connectivity index (χ0n) is 50.0. The molecule has 458 valence electrons. The third-order valence-electron chi connectivity index (χ3n) is 13.1. The maximum atomic E-state index is 12.8. The molecule has 0 aromatic heterocycles. The number of rotatable bonds is 54. The Morgan fingerprint density at radius 1 is 0.455 bits per heavy atom. The molecule has 0 aliphatic heterocycles. The van der Waals surface area contributed by atoms with Crippen LogP contribution in [0.15, 0.2) is 0 Å². The van der Waals surface area contributed by atoms with Crippen molar-refractivity contribution < 1.29 is 75.6 Å². The molecular formula is C58H115NO16P2. The Kier molecular flexibility index (Phi) is 53.5. The van der Waals surface area contributed by atoms with E-state index in [-0.39, 0.29) is 76.4 Å². The molecule has 0 radical (unpaired) electrons. The van der Waals surface area contributed by atoms with Crippen LogP contribution in [0.4, 0.5) is 0 Å². The molecule has 5 unspecified atom stereocenters. The summed E-state index contributed by atoms with van der Waals surface area (Å²) in [6.07, 6.45) is 34.1. The predicted octanol–water partition coefficient (Wildman–Crippen LogP) is 14.1. The van der Waals surface area contributed by atoms with Gasteiger partial charge in [-0.15, -0.1) is 0 Å². The minimum atomic E-state index is -3.58. The number of carbonyl (C=O) groups is 4. The normalized spacial score (nSPS) is 14.9. The van der Waals surface area contributed by atoms with Crippen molar-refractivity contribution in [1.29, 1.82) is 0 Å². The lowest BCUT2D eigenvalue weighted by Crippen LogP contribution is -2.31. The highest BCUT2D eigenvalue weighted by molar-refractivity contribution is 7.53. The van der Waals surface area contributed by atoms with Gasteiger partial charge >= 0.3 is 39.1 Å². The summed E-state index contributed by atoms with van der Waals surface area (Å²) >= 11 is 0. The molecule has 0 aliphatic carbocycles. The van der Waals surface area contributed by atoms with Gasteiger partial charge in [0.05, 0.1) is 44.9 Å². The maximum absolute atomic E-state index is 12.8. The molecule has 0 rings (SSSR count). The minimum absolute atomic E-state index is 0.0992. The Hall–Kier alpha value is -1.94. The van der Waals surface area contributed by atoms with E-state index >= 15 is 0 Å². The molecule has 0 fully saturated rings. The van der Waals surface area contributed by atoms with Crippen LogP contribution in [0.25, 0.3) is 0 Å². The third-order valence-corrected chi connectivity index (χ3v) is 15.6. The van der Waals surface area contributed by atoms with Crippen molar-refractivity contribution in [2.45, 2.75) is 272 Å². The first-order chi connectivity index (χ1) is 36.9. The van der Waals surface area contributed by atoms with Crippen molar-refractivity contribution in [3.63, 3.8) is 0 Å². The van der Waals surface area contributed by atoms with Crippen LogP contribution in [-0.2, 0) is 65.4 Å². The van der Waals surface area contributed by atoms with Crippen molar-refractivity contribution in [2.75, 3.05) is 66.1 Å². The van der Waals surface area contributed by atoms with Crippen molar-refractivity contribution in [1.82, 2.24) is 0 Å². The Labute approximate surface area is 468 Å². The minimum Gasteiger partial charge on any atom is -0.462 e. The quantitative estimate of drug-likeness (QED) is 0.0222. The lowest BCUT2D eigenvalue weighted by atomic mass is 10.0. The van der Waals surface area contributed by atoms with E-state index in [1.165, 1.54) is 148 Å². The molecule has 17 nitrogen and oxygen atoms in total. The van der Waals surface area contributed by atoms with Crippen molar-refractivity contribution >= 4 is 39.1 Å². The molecular weight excluding hydrogens is 1030 g/mol. The first kappa shape index (κ1) is 77.1. The van der Waals surface area contributed by atoms with E-state index in [0.29, 0.717) is 12.8 Å². The van der Waals surface area contributed by atoms with Crippen molar-refractivity contribution in [2.24, 2.45) is 17.6 Å². The van der Waals surface area contributed by atoms with Crippen LogP contribution < -0.4 is 5.73 Å². The molecule has 0 saturated carbocycles. The van der Waals surface area contributed by atoms with E-state index in [1.54, 1.807) is 13.8 Å². The van der Waals surface area contributed by atoms with Gasteiger partial charge in [-0.25, -0.2) is 0 Å². The van der Waals surface area contributed by atoms with E-state index in [1.807, 2.05) is 6.92 Å². The summed E-state index contributed by atoms with van der Waals surface area (Å²) in [5.41, 5.74) is 5.44. The standard InChI is InChI=1S/C34H68NO7P.C24H47O9P/c1-5-7-9-11-13-15-16-18-20-22-24-26-33(36)39-29-32(30-41-43(4,38)40-28-27-35)42-34(37)31(3)25-23-21-19-17-14-12-10-8-6-2;1-5-7-8-9-10-11-12-13-14-15-20(3)24(28)33-22(18-30-23(27)6-2)19-32-34(4,29)31-17-21(26)16-25/h31-32H,5-30,35H2,1-4H3;20-22,25-26H,5-19H2,1-4H3/t31?,32-,43?;20?,21?,22-,34?/m11/s1. The topological polar surface area (TPSA) is 243 Å². The summed E-state index contributed by atoms with van der Waals surface area (Å²) in [6.45, 7) is 13.1. The highest BCUT2D eigenvalue weighted by Gasteiger charge is 2.28. The van der Waals surface area contributed by atoms with Crippen molar-refractivity contribution in [3.8, 4) is 0 Å². The maximum Gasteiger partial charge on any atom is 0.327 e. The van der Waals surface area contributed by atoms with Gasteiger partial charge in [0.15, 0.2) is 12.2 Å². The fourth-order valence-electron chi connectivity index (χ4n) is 8.04. The second-order valence-electron chi connectivity index (χ2n) is 21.0. The predicted molar refractivity (Wildman–Crippen MR) is 308 cm³/mol. The summed E-state index contributed by atoms with van der Waals surface area (Å²) in [5, 5.41) is 18.2. The monoisotopic (exact) mass is 1140 g/mol. The number of aliphatic hydroxyl groups is 2. The van der Waals surface area contributed by atoms with E-state index in [9.17, 15) is 33.4 Å². The molecule has 0 amide bonds. The van der Waals surface area contributed by atoms with E-state index in [2.05, 4.69) is 20.8 Å². The highest BCUT2D eigenvalue weighted by atomic mass is 31.2. The van der Waals surface area contributed by atoms with Crippen LogP contribution in [0, 0.1) is 11.8 Å². The van der Waals surface area contributed by atoms with Gasteiger partial charge < -0.3 is 53.0 Å². The summed E-state index contributed by atoms with van der Waals surface area (Å²) < 4.78 is 67.5. The first-order valence-electron chi connectivity index (χ1n) is 30.3. The summed E-state index contributed by atoms with van der Waals surface area (Å²) in [5.74, 6) is -2.16. The highest BCUT2D eigenvalue weighted by Crippen LogP contribution is 2.44. The first-order valence-corrected chi connectivity index (χ1v) is 34.3. The van der Waals surface area contributed by atoms with Gasteiger partial charge in [0.25, 0.3) is 0 Å². The molecule has 7 atom stereocenters. The molecule has 4 N–H and O–H groups in total. The van der Waals surface area contributed by atoms with Gasteiger partial charge in [-0.1, -0.05) is 221 Å². The molecule has 77 heavy (non-hydrogen) atoms. The van der Waals surface area contributed by atoms with Crippen LogP contribution in [0.3, 0.4) is 0 Å². The van der Waals surface area contributed by atoms with Crippen molar-refractivity contribution in [3.05, 3.63) is 0 Å².